The van der Waals surface area contributed by atoms with Gasteiger partial charge in [0.05, 0.1) is 6.61 Å². The Labute approximate surface area is 194 Å². The molecule has 1 aromatic rings. The number of ether oxygens (including phenoxy) is 1. The van der Waals surface area contributed by atoms with Crippen LogP contribution in [0.5, 0.6) is 5.75 Å². The van der Waals surface area contributed by atoms with Crippen LogP contribution in [-0.2, 0) is 6.42 Å². The maximum Gasteiger partial charge on any atom is 0.119 e. The lowest BCUT2D eigenvalue weighted by molar-refractivity contribution is 0.190. The molecule has 1 fully saturated rings. The van der Waals surface area contributed by atoms with Crippen molar-refractivity contribution in [2.45, 2.75) is 136 Å². The molecule has 0 aliphatic heterocycles. The molecule has 0 heterocycles. The highest BCUT2D eigenvalue weighted by Gasteiger charge is 2.24. The van der Waals surface area contributed by atoms with Gasteiger partial charge < -0.3 is 4.74 Å². The van der Waals surface area contributed by atoms with Gasteiger partial charge in [0.25, 0.3) is 0 Å². The van der Waals surface area contributed by atoms with E-state index in [0.29, 0.717) is 0 Å². The monoisotopic (exact) mass is 428 g/mol. The van der Waals surface area contributed by atoms with Gasteiger partial charge in [-0.05, 0) is 55.2 Å². The van der Waals surface area contributed by atoms with E-state index < -0.39 is 0 Å². The molecule has 2 rings (SSSR count). The SMILES string of the molecule is CCCCCCCCCCc1ccc(OCCCC2CCCCC2CCCCC)cc1. The van der Waals surface area contributed by atoms with Crippen LogP contribution < -0.4 is 4.74 Å². The third-order valence-electron chi connectivity index (χ3n) is 7.48. The highest BCUT2D eigenvalue weighted by molar-refractivity contribution is 5.27. The van der Waals surface area contributed by atoms with Gasteiger partial charge in [-0.1, -0.05) is 122 Å². The number of aryl methyl sites for hydroxylation is 1. The average Bonchev–Trinajstić information content (AvgIpc) is 2.80. The second-order valence-electron chi connectivity index (χ2n) is 10.2. The molecule has 31 heavy (non-hydrogen) atoms. The molecule has 1 nitrogen and oxygen atoms in total. The van der Waals surface area contributed by atoms with Gasteiger partial charge in [0.2, 0.25) is 0 Å². The molecule has 0 radical (unpaired) electrons. The molecule has 0 N–H and O–H groups in total. The predicted molar refractivity (Wildman–Crippen MR) is 137 cm³/mol. The lowest BCUT2D eigenvalue weighted by atomic mass is 9.74. The molecule has 1 saturated carbocycles. The van der Waals surface area contributed by atoms with Gasteiger partial charge in [0, 0.05) is 0 Å². The zero-order valence-corrected chi connectivity index (χ0v) is 21.0. The molecule has 0 bridgehead atoms. The van der Waals surface area contributed by atoms with Gasteiger partial charge in [0.1, 0.15) is 5.75 Å². The number of hydrogen-bond acceptors (Lipinski definition) is 1. The fraction of sp³-hybridized carbons (Fsp3) is 0.800. The van der Waals surface area contributed by atoms with E-state index in [-0.39, 0.29) is 0 Å². The zero-order chi connectivity index (χ0) is 22.0. The minimum Gasteiger partial charge on any atom is -0.494 e. The molecule has 2 atom stereocenters. The largest absolute Gasteiger partial charge is 0.494 e. The van der Waals surface area contributed by atoms with E-state index >= 15 is 0 Å². The van der Waals surface area contributed by atoms with Gasteiger partial charge in [-0.25, -0.2) is 0 Å². The Balaban J connectivity index is 1.54. The van der Waals surface area contributed by atoms with Gasteiger partial charge in [-0.2, -0.15) is 0 Å². The van der Waals surface area contributed by atoms with Crippen molar-refractivity contribution < 1.29 is 4.74 Å². The van der Waals surface area contributed by atoms with Crippen molar-refractivity contribution in [2.24, 2.45) is 11.8 Å². The first-order valence-electron chi connectivity index (χ1n) is 14.0. The van der Waals surface area contributed by atoms with E-state index in [4.69, 9.17) is 4.74 Å². The number of unbranched alkanes of at least 4 members (excludes halogenated alkanes) is 9. The van der Waals surface area contributed by atoms with Gasteiger partial charge >= 0.3 is 0 Å². The lowest BCUT2D eigenvalue weighted by Gasteiger charge is -2.31. The molecular formula is C30H52O. The highest BCUT2D eigenvalue weighted by Crippen LogP contribution is 2.36. The number of rotatable bonds is 18. The third kappa shape index (κ3) is 12.0. The Morgan fingerprint density at radius 1 is 0.645 bits per heavy atom. The van der Waals surface area contributed by atoms with E-state index in [1.165, 1.54) is 128 Å². The summed E-state index contributed by atoms with van der Waals surface area (Å²) >= 11 is 0. The topological polar surface area (TPSA) is 9.23 Å². The van der Waals surface area contributed by atoms with Crippen LogP contribution in [0, 0.1) is 11.8 Å². The molecule has 0 aromatic heterocycles. The summed E-state index contributed by atoms with van der Waals surface area (Å²) in [6.07, 6.45) is 26.5. The van der Waals surface area contributed by atoms with Crippen LogP contribution in [0.15, 0.2) is 24.3 Å². The van der Waals surface area contributed by atoms with Crippen LogP contribution in [-0.4, -0.2) is 6.61 Å². The van der Waals surface area contributed by atoms with E-state index in [9.17, 15) is 0 Å². The molecule has 1 aliphatic rings. The Bertz CT molecular complexity index is 520. The summed E-state index contributed by atoms with van der Waals surface area (Å²) in [4.78, 5) is 0. The fourth-order valence-electron chi connectivity index (χ4n) is 5.45. The molecule has 178 valence electrons. The van der Waals surface area contributed by atoms with Crippen LogP contribution in [0.3, 0.4) is 0 Å². The lowest BCUT2D eigenvalue weighted by Crippen LogP contribution is -2.20. The summed E-state index contributed by atoms with van der Waals surface area (Å²) < 4.78 is 6.08. The first-order valence-corrected chi connectivity index (χ1v) is 14.0. The Hall–Kier alpha value is -0.980. The quantitative estimate of drug-likeness (QED) is 0.211. The normalized spacial score (nSPS) is 18.9. The summed E-state index contributed by atoms with van der Waals surface area (Å²) in [5, 5.41) is 0. The van der Waals surface area contributed by atoms with Gasteiger partial charge in [0.15, 0.2) is 0 Å². The third-order valence-corrected chi connectivity index (χ3v) is 7.48. The predicted octanol–water partition coefficient (Wildman–Crippen LogP) is 9.92. The second-order valence-corrected chi connectivity index (χ2v) is 10.2. The minimum atomic E-state index is 0.884. The first kappa shape index (κ1) is 26.3. The van der Waals surface area contributed by atoms with Crippen LogP contribution >= 0.6 is 0 Å². The summed E-state index contributed by atoms with van der Waals surface area (Å²) in [6, 6.07) is 8.94. The molecule has 2 unspecified atom stereocenters. The van der Waals surface area contributed by atoms with E-state index in [0.717, 1.165) is 24.2 Å². The van der Waals surface area contributed by atoms with Crippen molar-refractivity contribution in [1.29, 1.82) is 0 Å². The van der Waals surface area contributed by atoms with Crippen LogP contribution in [0.25, 0.3) is 0 Å². The van der Waals surface area contributed by atoms with E-state index in [1.54, 1.807) is 0 Å². The first-order chi connectivity index (χ1) is 15.3. The summed E-state index contributed by atoms with van der Waals surface area (Å²) in [5.74, 6) is 3.02. The molecule has 0 spiro atoms. The smallest absolute Gasteiger partial charge is 0.119 e. The molecule has 0 saturated heterocycles. The fourth-order valence-corrected chi connectivity index (χ4v) is 5.45. The standard InChI is InChI=1S/C30H52O/c1-3-5-7-8-9-10-11-13-17-27-22-24-30(25-23-27)31-26-16-21-29-20-15-14-19-28(29)18-12-6-4-2/h22-25,28-29H,3-21,26H2,1-2H3. The Morgan fingerprint density at radius 3 is 1.84 bits per heavy atom. The number of hydrogen-bond donors (Lipinski definition) is 0. The maximum absolute atomic E-state index is 6.08. The van der Waals surface area contributed by atoms with E-state index in [2.05, 4.69) is 38.1 Å². The molecule has 0 amide bonds. The van der Waals surface area contributed by atoms with Crippen molar-refractivity contribution in [2.75, 3.05) is 6.61 Å². The second kappa shape index (κ2) is 17.6. The van der Waals surface area contributed by atoms with Gasteiger partial charge in [-0.15, -0.1) is 0 Å². The van der Waals surface area contributed by atoms with E-state index in [1.807, 2.05) is 0 Å². The van der Waals surface area contributed by atoms with Crippen LogP contribution in [0.2, 0.25) is 0 Å². The highest BCUT2D eigenvalue weighted by atomic mass is 16.5. The van der Waals surface area contributed by atoms with Crippen molar-refractivity contribution in [1.82, 2.24) is 0 Å². The molecular weight excluding hydrogens is 376 g/mol. The molecule has 1 aliphatic carbocycles. The Kier molecular flexibility index (Phi) is 14.9. The number of benzene rings is 1. The summed E-state index contributed by atoms with van der Waals surface area (Å²) in [5.41, 5.74) is 1.47. The van der Waals surface area contributed by atoms with Crippen molar-refractivity contribution in [3.63, 3.8) is 0 Å². The molecule has 1 aromatic carbocycles. The van der Waals surface area contributed by atoms with Crippen molar-refractivity contribution in [3.05, 3.63) is 29.8 Å². The van der Waals surface area contributed by atoms with Gasteiger partial charge in [-0.3, -0.25) is 0 Å². The van der Waals surface area contributed by atoms with Crippen molar-refractivity contribution in [3.8, 4) is 5.75 Å². The maximum atomic E-state index is 6.08. The average molecular weight is 429 g/mol. The minimum absolute atomic E-state index is 0.884. The Morgan fingerprint density at radius 2 is 1.19 bits per heavy atom. The zero-order valence-electron chi connectivity index (χ0n) is 21.0. The van der Waals surface area contributed by atoms with Crippen LogP contribution in [0.4, 0.5) is 0 Å². The molecule has 1 heteroatoms. The summed E-state index contributed by atoms with van der Waals surface area (Å²) in [7, 11) is 0. The summed E-state index contributed by atoms with van der Waals surface area (Å²) in [6.45, 7) is 5.49. The van der Waals surface area contributed by atoms with Crippen molar-refractivity contribution >= 4 is 0 Å². The van der Waals surface area contributed by atoms with Crippen LogP contribution in [0.1, 0.15) is 135 Å².